The molecule has 3 heterocycles. The van der Waals surface area contributed by atoms with E-state index in [2.05, 4.69) is 12.1 Å². The number of hydrogen-bond donors (Lipinski definition) is 0. The molecule has 0 N–H and O–H groups in total. The van der Waals surface area contributed by atoms with Crippen LogP contribution >= 0.6 is 0 Å². The second kappa shape index (κ2) is 5.21. The van der Waals surface area contributed by atoms with Crippen LogP contribution in [0, 0.1) is 5.92 Å². The fourth-order valence-corrected chi connectivity index (χ4v) is 3.96. The summed E-state index contributed by atoms with van der Waals surface area (Å²) in [6, 6.07) is 17.6. The molecule has 3 aromatic rings. The minimum atomic E-state index is -0.317. The molecule has 2 aliphatic rings. The van der Waals surface area contributed by atoms with Crippen LogP contribution in [0.1, 0.15) is 23.5 Å². The van der Waals surface area contributed by atoms with Crippen molar-refractivity contribution in [1.82, 2.24) is 0 Å². The van der Waals surface area contributed by atoms with Gasteiger partial charge in [0.15, 0.2) is 0 Å². The van der Waals surface area contributed by atoms with Crippen LogP contribution in [0.25, 0.3) is 11.0 Å². The first kappa shape index (κ1) is 13.8. The molecule has 0 saturated carbocycles. The summed E-state index contributed by atoms with van der Waals surface area (Å²) in [6.07, 6.45) is 0.559. The maximum Gasteiger partial charge on any atom is 0.343 e. The van der Waals surface area contributed by atoms with Crippen molar-refractivity contribution in [3.8, 4) is 5.75 Å². The molecule has 0 radical (unpaired) electrons. The molecule has 1 aromatic heterocycles. The van der Waals surface area contributed by atoms with E-state index in [-0.39, 0.29) is 23.8 Å². The molecule has 120 valence electrons. The summed E-state index contributed by atoms with van der Waals surface area (Å²) < 4.78 is 17.5. The Hall–Kier alpha value is -2.59. The van der Waals surface area contributed by atoms with E-state index in [0.29, 0.717) is 23.5 Å². The highest BCUT2D eigenvalue weighted by Crippen LogP contribution is 2.48. The molecule has 0 aliphatic carbocycles. The number of para-hydroxylation sites is 1. The maximum absolute atomic E-state index is 12.8. The molecule has 0 spiro atoms. The summed E-state index contributed by atoms with van der Waals surface area (Å²) in [5.74, 6) is 0.672. The first-order valence-corrected chi connectivity index (χ1v) is 8.22. The zero-order valence-electron chi connectivity index (χ0n) is 13.0. The summed E-state index contributed by atoms with van der Waals surface area (Å²) in [5, 5.41) is 0.821. The van der Waals surface area contributed by atoms with Gasteiger partial charge in [0.25, 0.3) is 0 Å². The van der Waals surface area contributed by atoms with Crippen molar-refractivity contribution >= 4 is 11.0 Å². The van der Waals surface area contributed by atoms with Gasteiger partial charge < -0.3 is 13.9 Å². The predicted octanol–water partition coefficient (Wildman–Crippen LogP) is 3.68. The third-order valence-electron chi connectivity index (χ3n) is 5.01. The second-order valence-electron chi connectivity index (χ2n) is 6.33. The Morgan fingerprint density at radius 2 is 1.75 bits per heavy atom. The third kappa shape index (κ3) is 1.93. The Morgan fingerprint density at radius 3 is 2.62 bits per heavy atom. The van der Waals surface area contributed by atoms with Crippen LogP contribution in [-0.4, -0.2) is 12.9 Å². The SMILES string of the molecule is O=c1oc2ccccc2c2c1[C@H](c1ccccc1)C1CCO[C@@H]1O2. The van der Waals surface area contributed by atoms with E-state index < -0.39 is 0 Å². The second-order valence-corrected chi connectivity index (χ2v) is 6.33. The highest BCUT2D eigenvalue weighted by atomic mass is 16.7. The molecule has 3 atom stereocenters. The summed E-state index contributed by atoms with van der Waals surface area (Å²) in [5.41, 5.74) is 1.95. The van der Waals surface area contributed by atoms with Crippen molar-refractivity contribution in [2.24, 2.45) is 5.92 Å². The largest absolute Gasteiger partial charge is 0.463 e. The summed E-state index contributed by atoms with van der Waals surface area (Å²) in [7, 11) is 0. The highest BCUT2D eigenvalue weighted by molar-refractivity contribution is 5.85. The molecule has 0 amide bonds. The molecule has 2 aliphatic heterocycles. The fraction of sp³-hybridized carbons (Fsp3) is 0.250. The Bertz CT molecular complexity index is 960. The normalized spacial score (nSPS) is 25.1. The van der Waals surface area contributed by atoms with E-state index in [1.165, 1.54) is 0 Å². The van der Waals surface area contributed by atoms with Crippen molar-refractivity contribution in [3.63, 3.8) is 0 Å². The maximum atomic E-state index is 12.8. The van der Waals surface area contributed by atoms with Gasteiger partial charge in [0.05, 0.1) is 17.6 Å². The quantitative estimate of drug-likeness (QED) is 0.642. The Kier molecular flexibility index (Phi) is 3.00. The Morgan fingerprint density at radius 1 is 0.958 bits per heavy atom. The van der Waals surface area contributed by atoms with E-state index in [4.69, 9.17) is 13.9 Å². The van der Waals surface area contributed by atoms with Gasteiger partial charge in [-0.2, -0.15) is 0 Å². The standard InChI is InChI=1S/C20H16O4/c21-19-17-16(12-6-2-1-3-7-12)14-10-11-22-20(14)24-18(17)13-8-4-5-9-15(13)23-19/h1-9,14,16,20H,10-11H2/t14?,16-,20-/m1/s1. The lowest BCUT2D eigenvalue weighted by atomic mass is 9.78. The molecule has 4 nitrogen and oxygen atoms in total. The van der Waals surface area contributed by atoms with Gasteiger partial charge in [-0.1, -0.05) is 42.5 Å². The number of rotatable bonds is 1. The summed E-state index contributed by atoms with van der Waals surface area (Å²) in [6.45, 7) is 0.649. The van der Waals surface area contributed by atoms with Gasteiger partial charge in [-0.3, -0.25) is 0 Å². The van der Waals surface area contributed by atoms with Crippen molar-refractivity contribution in [2.75, 3.05) is 6.61 Å². The third-order valence-corrected chi connectivity index (χ3v) is 5.01. The average Bonchev–Trinajstić information content (AvgIpc) is 3.09. The summed E-state index contributed by atoms with van der Waals surface area (Å²) in [4.78, 5) is 12.8. The topological polar surface area (TPSA) is 48.7 Å². The van der Waals surface area contributed by atoms with Crippen molar-refractivity contribution < 1.29 is 13.9 Å². The number of ether oxygens (including phenoxy) is 2. The zero-order chi connectivity index (χ0) is 16.1. The molecule has 4 heteroatoms. The van der Waals surface area contributed by atoms with Gasteiger partial charge in [0.2, 0.25) is 6.29 Å². The lowest BCUT2D eigenvalue weighted by Crippen LogP contribution is -2.36. The molecular formula is C20H16O4. The van der Waals surface area contributed by atoms with E-state index in [0.717, 1.165) is 17.4 Å². The number of fused-ring (bicyclic) bond motifs is 4. The molecule has 5 rings (SSSR count). The minimum Gasteiger partial charge on any atom is -0.463 e. The van der Waals surface area contributed by atoms with Gasteiger partial charge in [0, 0.05) is 11.8 Å². The van der Waals surface area contributed by atoms with E-state index in [1.807, 2.05) is 36.4 Å². The molecule has 0 bridgehead atoms. The van der Waals surface area contributed by atoms with E-state index in [1.54, 1.807) is 6.07 Å². The van der Waals surface area contributed by atoms with Gasteiger partial charge in [0.1, 0.15) is 11.3 Å². The van der Waals surface area contributed by atoms with Crippen molar-refractivity contribution in [3.05, 3.63) is 76.1 Å². The Labute approximate surface area is 138 Å². The molecular weight excluding hydrogens is 304 g/mol. The molecule has 1 saturated heterocycles. The van der Waals surface area contributed by atoms with Gasteiger partial charge in [-0.05, 0) is 24.1 Å². The molecule has 1 fully saturated rings. The van der Waals surface area contributed by atoms with Crippen LogP contribution in [0.4, 0.5) is 0 Å². The molecule has 1 unspecified atom stereocenters. The molecule has 24 heavy (non-hydrogen) atoms. The van der Waals surface area contributed by atoms with Gasteiger partial charge in [-0.25, -0.2) is 4.79 Å². The highest BCUT2D eigenvalue weighted by Gasteiger charge is 2.45. The first-order valence-electron chi connectivity index (χ1n) is 8.22. The van der Waals surface area contributed by atoms with Crippen LogP contribution in [0.2, 0.25) is 0 Å². The monoisotopic (exact) mass is 320 g/mol. The lowest BCUT2D eigenvalue weighted by Gasteiger charge is -2.34. The zero-order valence-corrected chi connectivity index (χ0v) is 13.0. The van der Waals surface area contributed by atoms with Crippen LogP contribution in [0.5, 0.6) is 5.75 Å². The fourth-order valence-electron chi connectivity index (χ4n) is 3.96. The van der Waals surface area contributed by atoms with Gasteiger partial charge in [-0.15, -0.1) is 0 Å². The number of hydrogen-bond acceptors (Lipinski definition) is 4. The Balaban J connectivity index is 1.82. The molecule has 2 aromatic carbocycles. The minimum absolute atomic E-state index is 0.0664. The van der Waals surface area contributed by atoms with Crippen LogP contribution in [0.15, 0.2) is 63.8 Å². The van der Waals surface area contributed by atoms with Crippen LogP contribution in [0.3, 0.4) is 0 Å². The van der Waals surface area contributed by atoms with Crippen molar-refractivity contribution in [1.29, 1.82) is 0 Å². The van der Waals surface area contributed by atoms with Crippen LogP contribution in [-0.2, 0) is 4.74 Å². The smallest absolute Gasteiger partial charge is 0.343 e. The lowest BCUT2D eigenvalue weighted by molar-refractivity contribution is -0.0735. The average molecular weight is 320 g/mol. The van der Waals surface area contributed by atoms with E-state index in [9.17, 15) is 4.79 Å². The van der Waals surface area contributed by atoms with Crippen molar-refractivity contribution in [2.45, 2.75) is 18.6 Å². The summed E-state index contributed by atoms with van der Waals surface area (Å²) >= 11 is 0. The van der Waals surface area contributed by atoms with E-state index >= 15 is 0 Å². The predicted molar refractivity (Wildman–Crippen MR) is 89.2 cm³/mol. The van der Waals surface area contributed by atoms with Gasteiger partial charge >= 0.3 is 5.63 Å². The van der Waals surface area contributed by atoms with Crippen LogP contribution < -0.4 is 10.4 Å². The number of benzene rings is 2. The first-order chi connectivity index (χ1) is 11.8.